The van der Waals surface area contributed by atoms with E-state index in [1.807, 2.05) is 32.8 Å². The predicted molar refractivity (Wildman–Crippen MR) is 83.2 cm³/mol. The first-order valence-electron chi connectivity index (χ1n) is 6.72. The highest BCUT2D eigenvalue weighted by Crippen LogP contribution is 2.23. The molecular weight excluding hydrogens is 274 g/mol. The van der Waals surface area contributed by atoms with E-state index in [1.54, 1.807) is 25.1 Å². The van der Waals surface area contributed by atoms with E-state index in [0.717, 1.165) is 0 Å². The highest BCUT2D eigenvalue weighted by Gasteiger charge is 2.29. The molecule has 0 aliphatic carbocycles. The Bertz CT molecular complexity index is 556. The summed E-state index contributed by atoms with van der Waals surface area (Å²) in [5, 5.41) is 0. The van der Waals surface area contributed by atoms with Crippen LogP contribution in [0.2, 0.25) is 0 Å². The highest BCUT2D eigenvalue weighted by atomic mass is 32.2. The molecule has 114 valence electrons. The van der Waals surface area contributed by atoms with Crippen LogP contribution in [0.25, 0.3) is 0 Å². The third-order valence-corrected chi connectivity index (χ3v) is 5.47. The van der Waals surface area contributed by atoms with E-state index in [1.165, 1.54) is 4.31 Å². The Labute approximate surface area is 122 Å². The van der Waals surface area contributed by atoms with E-state index in [9.17, 15) is 8.42 Å². The highest BCUT2D eigenvalue weighted by molar-refractivity contribution is 7.89. The molecule has 0 fully saturated rings. The van der Waals surface area contributed by atoms with Crippen molar-refractivity contribution in [2.24, 2.45) is 0 Å². The minimum atomic E-state index is -3.49. The van der Waals surface area contributed by atoms with Gasteiger partial charge in [-0.1, -0.05) is 6.92 Å². The quantitative estimate of drug-likeness (QED) is 0.809. The van der Waals surface area contributed by atoms with Crippen molar-refractivity contribution in [3.8, 4) is 0 Å². The molecule has 0 aliphatic rings. The fourth-order valence-corrected chi connectivity index (χ4v) is 4.27. The zero-order chi connectivity index (χ0) is 15.5. The van der Waals surface area contributed by atoms with E-state index >= 15 is 0 Å². The van der Waals surface area contributed by atoms with Crippen molar-refractivity contribution in [2.75, 3.05) is 32.9 Å². The van der Waals surface area contributed by atoms with E-state index in [4.69, 9.17) is 5.73 Å². The fourth-order valence-electron chi connectivity index (χ4n) is 2.43. The van der Waals surface area contributed by atoms with Crippen LogP contribution in [0.15, 0.2) is 23.1 Å². The average molecular weight is 299 g/mol. The first-order valence-corrected chi connectivity index (χ1v) is 8.16. The summed E-state index contributed by atoms with van der Waals surface area (Å²) in [5.41, 5.74) is 6.95. The lowest BCUT2D eigenvalue weighted by Crippen LogP contribution is -2.43. The number of rotatable bonds is 6. The van der Waals surface area contributed by atoms with Gasteiger partial charge in [-0.3, -0.25) is 0 Å². The molecule has 1 atom stereocenters. The van der Waals surface area contributed by atoms with Gasteiger partial charge in [-0.15, -0.1) is 0 Å². The van der Waals surface area contributed by atoms with Crippen LogP contribution in [0.4, 0.5) is 5.69 Å². The van der Waals surface area contributed by atoms with Gasteiger partial charge in [-0.05, 0) is 51.7 Å². The molecule has 0 saturated carbocycles. The van der Waals surface area contributed by atoms with Gasteiger partial charge in [0, 0.05) is 24.8 Å². The van der Waals surface area contributed by atoms with Crippen LogP contribution in [-0.4, -0.2) is 50.8 Å². The van der Waals surface area contributed by atoms with Gasteiger partial charge >= 0.3 is 0 Å². The summed E-state index contributed by atoms with van der Waals surface area (Å²) >= 11 is 0. The Kier molecular flexibility index (Phi) is 5.56. The number of nitrogens with two attached hydrogens (primary N) is 1. The molecule has 1 aromatic rings. The molecule has 1 aromatic carbocycles. The molecular formula is C14H25N3O2S. The number of hydrogen-bond acceptors (Lipinski definition) is 4. The maximum atomic E-state index is 12.8. The van der Waals surface area contributed by atoms with Crippen molar-refractivity contribution >= 4 is 15.7 Å². The van der Waals surface area contributed by atoms with Crippen LogP contribution in [0, 0.1) is 6.92 Å². The molecule has 0 saturated heterocycles. The molecule has 1 unspecified atom stereocenters. The SMILES string of the molecule is CCN(C(C)CN(C)C)S(=O)(=O)c1ccc(N)cc1C. The first kappa shape index (κ1) is 16.9. The fraction of sp³-hybridized carbons (Fsp3) is 0.571. The van der Waals surface area contributed by atoms with Crippen molar-refractivity contribution < 1.29 is 8.42 Å². The Morgan fingerprint density at radius 2 is 1.90 bits per heavy atom. The third kappa shape index (κ3) is 3.71. The molecule has 5 nitrogen and oxygen atoms in total. The van der Waals surface area contributed by atoms with E-state index in [0.29, 0.717) is 29.2 Å². The van der Waals surface area contributed by atoms with Gasteiger partial charge in [0.1, 0.15) is 0 Å². The topological polar surface area (TPSA) is 66.6 Å². The molecule has 0 aliphatic heterocycles. The van der Waals surface area contributed by atoms with Crippen molar-refractivity contribution in [2.45, 2.75) is 31.7 Å². The average Bonchev–Trinajstić information content (AvgIpc) is 2.27. The molecule has 0 aromatic heterocycles. The van der Waals surface area contributed by atoms with Crippen molar-refractivity contribution in [1.82, 2.24) is 9.21 Å². The van der Waals surface area contributed by atoms with Gasteiger partial charge in [0.2, 0.25) is 10.0 Å². The van der Waals surface area contributed by atoms with Crippen LogP contribution in [0.5, 0.6) is 0 Å². The second kappa shape index (κ2) is 6.56. The maximum absolute atomic E-state index is 12.8. The van der Waals surface area contributed by atoms with Gasteiger partial charge in [0.05, 0.1) is 4.90 Å². The lowest BCUT2D eigenvalue weighted by atomic mass is 10.2. The summed E-state index contributed by atoms with van der Waals surface area (Å²) < 4.78 is 27.1. The standard InChI is InChI=1S/C14H25N3O2S/c1-6-17(12(3)10-16(4)5)20(18,19)14-8-7-13(15)9-11(14)2/h7-9,12H,6,10,15H2,1-5H3. The molecule has 0 spiro atoms. The summed E-state index contributed by atoms with van der Waals surface area (Å²) in [6, 6.07) is 4.82. The summed E-state index contributed by atoms with van der Waals surface area (Å²) in [4.78, 5) is 2.32. The van der Waals surface area contributed by atoms with Crippen LogP contribution in [0.1, 0.15) is 19.4 Å². The third-order valence-electron chi connectivity index (χ3n) is 3.22. The number of aryl methyl sites for hydroxylation is 1. The maximum Gasteiger partial charge on any atom is 0.243 e. The van der Waals surface area contributed by atoms with Crippen LogP contribution in [-0.2, 0) is 10.0 Å². The Balaban J connectivity index is 3.18. The number of anilines is 1. The molecule has 0 bridgehead atoms. The van der Waals surface area contributed by atoms with E-state index in [-0.39, 0.29) is 6.04 Å². The van der Waals surface area contributed by atoms with Crippen LogP contribution in [0.3, 0.4) is 0 Å². The van der Waals surface area contributed by atoms with Gasteiger partial charge in [0.25, 0.3) is 0 Å². The number of nitrogen functional groups attached to an aromatic ring is 1. The largest absolute Gasteiger partial charge is 0.399 e. The van der Waals surface area contributed by atoms with Gasteiger partial charge < -0.3 is 10.6 Å². The molecule has 20 heavy (non-hydrogen) atoms. The second-order valence-electron chi connectivity index (χ2n) is 5.34. The molecule has 0 radical (unpaired) electrons. The van der Waals surface area contributed by atoms with Crippen molar-refractivity contribution in [3.63, 3.8) is 0 Å². The van der Waals surface area contributed by atoms with Crippen LogP contribution < -0.4 is 5.73 Å². The van der Waals surface area contributed by atoms with Gasteiger partial charge in [-0.25, -0.2) is 8.42 Å². The summed E-state index contributed by atoms with van der Waals surface area (Å²) in [6.45, 7) is 6.68. The molecule has 2 N–H and O–H groups in total. The molecule has 6 heteroatoms. The zero-order valence-corrected chi connectivity index (χ0v) is 13.7. The number of benzene rings is 1. The van der Waals surface area contributed by atoms with Gasteiger partial charge in [0.15, 0.2) is 0 Å². The minimum absolute atomic E-state index is 0.0862. The zero-order valence-electron chi connectivity index (χ0n) is 12.9. The van der Waals surface area contributed by atoms with Crippen molar-refractivity contribution in [1.29, 1.82) is 0 Å². The lowest BCUT2D eigenvalue weighted by Gasteiger charge is -2.29. The smallest absolute Gasteiger partial charge is 0.243 e. The number of sulfonamides is 1. The second-order valence-corrected chi connectivity index (χ2v) is 7.20. The lowest BCUT2D eigenvalue weighted by molar-refractivity contribution is 0.271. The van der Waals surface area contributed by atoms with Gasteiger partial charge in [-0.2, -0.15) is 4.31 Å². The predicted octanol–water partition coefficient (Wildman–Crippen LogP) is 1.54. The first-order chi connectivity index (χ1) is 9.20. The van der Waals surface area contributed by atoms with Crippen molar-refractivity contribution in [3.05, 3.63) is 23.8 Å². The summed E-state index contributed by atoms with van der Waals surface area (Å²) in [7, 11) is 0.380. The monoisotopic (exact) mass is 299 g/mol. The molecule has 0 heterocycles. The van der Waals surface area contributed by atoms with E-state index < -0.39 is 10.0 Å². The molecule has 1 rings (SSSR count). The Morgan fingerprint density at radius 1 is 1.30 bits per heavy atom. The number of nitrogens with zero attached hydrogens (tertiary/aromatic N) is 2. The van der Waals surface area contributed by atoms with E-state index in [2.05, 4.69) is 0 Å². The number of likely N-dealkylation sites (N-methyl/N-ethyl adjacent to an activating group) is 2. The molecule has 0 amide bonds. The Morgan fingerprint density at radius 3 is 2.35 bits per heavy atom. The van der Waals surface area contributed by atoms with Crippen LogP contribution >= 0.6 is 0 Å². The summed E-state index contributed by atoms with van der Waals surface area (Å²) in [6.07, 6.45) is 0. The number of hydrogen-bond donors (Lipinski definition) is 1. The summed E-state index contributed by atoms with van der Waals surface area (Å²) in [5.74, 6) is 0. The Hall–Kier alpha value is -1.11. The normalized spacial score (nSPS) is 13.9. The minimum Gasteiger partial charge on any atom is -0.399 e.